The van der Waals surface area contributed by atoms with E-state index in [9.17, 15) is 13.6 Å². The van der Waals surface area contributed by atoms with E-state index in [1.54, 1.807) is 11.7 Å². The van der Waals surface area contributed by atoms with E-state index < -0.39 is 5.82 Å². The van der Waals surface area contributed by atoms with Crippen LogP contribution < -0.4 is 0 Å². The fourth-order valence-corrected chi connectivity index (χ4v) is 5.02. The highest BCUT2D eigenvalue weighted by molar-refractivity contribution is 5.92. The molecule has 1 fully saturated rings. The third-order valence-electron chi connectivity index (χ3n) is 6.90. The number of amides is 1. The zero-order valence-electron chi connectivity index (χ0n) is 20.0. The Morgan fingerprint density at radius 1 is 1.12 bits per heavy atom. The molecular formula is C27H32F2N4O. The van der Waals surface area contributed by atoms with Gasteiger partial charge in [0.1, 0.15) is 17.3 Å². The molecule has 0 aliphatic carbocycles. The summed E-state index contributed by atoms with van der Waals surface area (Å²) in [6.07, 6.45) is 2.54. The smallest absolute Gasteiger partial charge is 0.272 e. The molecule has 0 spiro atoms. The number of halogens is 2. The minimum atomic E-state index is -0.417. The Bertz CT molecular complexity index is 1120. The molecule has 2 heterocycles. The number of likely N-dealkylation sites (N-methyl/N-ethyl adjacent to an activating group) is 1. The topological polar surface area (TPSA) is 41.4 Å². The number of hydrogen-bond donors (Lipinski definition) is 0. The highest BCUT2D eigenvalue weighted by Crippen LogP contribution is 2.28. The van der Waals surface area contributed by atoms with Crippen LogP contribution in [-0.4, -0.2) is 51.7 Å². The summed E-state index contributed by atoms with van der Waals surface area (Å²) in [7, 11) is 3.68. The summed E-state index contributed by atoms with van der Waals surface area (Å²) in [6, 6.07) is 15.7. The number of aryl methyl sites for hydroxylation is 2. The van der Waals surface area contributed by atoms with E-state index in [1.165, 1.54) is 17.7 Å². The van der Waals surface area contributed by atoms with Crippen molar-refractivity contribution in [1.29, 1.82) is 0 Å². The van der Waals surface area contributed by atoms with Gasteiger partial charge in [-0.15, -0.1) is 0 Å². The highest BCUT2D eigenvalue weighted by Gasteiger charge is 2.33. The second-order valence-corrected chi connectivity index (χ2v) is 9.32. The van der Waals surface area contributed by atoms with E-state index >= 15 is 0 Å². The Morgan fingerprint density at radius 3 is 2.47 bits per heavy atom. The number of aromatic nitrogens is 2. The van der Waals surface area contributed by atoms with Crippen molar-refractivity contribution in [2.24, 2.45) is 13.0 Å². The van der Waals surface area contributed by atoms with Crippen LogP contribution in [0.3, 0.4) is 0 Å². The first-order valence-corrected chi connectivity index (χ1v) is 11.8. The van der Waals surface area contributed by atoms with Gasteiger partial charge < -0.3 is 4.90 Å². The fraction of sp³-hybridized carbons (Fsp3) is 0.407. The lowest BCUT2D eigenvalue weighted by molar-refractivity contribution is 0.0574. The van der Waals surface area contributed by atoms with Crippen molar-refractivity contribution in [1.82, 2.24) is 19.6 Å². The fourth-order valence-electron chi connectivity index (χ4n) is 5.02. The largest absolute Gasteiger partial charge is 0.337 e. The van der Waals surface area contributed by atoms with Crippen molar-refractivity contribution < 1.29 is 13.6 Å². The molecule has 4 rings (SSSR count). The maximum Gasteiger partial charge on any atom is 0.272 e. The highest BCUT2D eigenvalue weighted by atomic mass is 19.1. The number of nitrogens with zero attached hydrogens (tertiary/aromatic N) is 4. The molecule has 0 bridgehead atoms. The third-order valence-corrected chi connectivity index (χ3v) is 6.90. The van der Waals surface area contributed by atoms with Crippen LogP contribution in [0.15, 0.2) is 54.6 Å². The zero-order chi connectivity index (χ0) is 24.2. The van der Waals surface area contributed by atoms with Crippen molar-refractivity contribution in [3.63, 3.8) is 0 Å². The minimum absolute atomic E-state index is 0.0261. The van der Waals surface area contributed by atoms with Crippen LogP contribution in [-0.2, 0) is 20.0 Å². The SMILES string of the molecule is Cc1cc(C(=O)N(C)[C@@H](Cc2ccccc2)C2CCN(Cc3cc(F)ccc3F)CC2)n(C)n1. The molecule has 1 saturated heterocycles. The van der Waals surface area contributed by atoms with Crippen LogP contribution in [0.5, 0.6) is 0 Å². The molecule has 0 saturated carbocycles. The van der Waals surface area contributed by atoms with Crippen LogP contribution in [0.1, 0.15) is 40.2 Å². The molecule has 1 aromatic heterocycles. The summed E-state index contributed by atoms with van der Waals surface area (Å²) in [5.74, 6) is -0.521. The molecule has 34 heavy (non-hydrogen) atoms. The van der Waals surface area contributed by atoms with Crippen molar-refractivity contribution in [2.75, 3.05) is 20.1 Å². The van der Waals surface area contributed by atoms with E-state index in [-0.39, 0.29) is 17.8 Å². The molecule has 3 aromatic rings. The van der Waals surface area contributed by atoms with Crippen LogP contribution >= 0.6 is 0 Å². The second kappa shape index (κ2) is 10.5. The predicted octanol–water partition coefficient (Wildman–Crippen LogP) is 4.60. The van der Waals surface area contributed by atoms with E-state index in [4.69, 9.17) is 0 Å². The number of carbonyl (C=O) groups is 1. The Hall–Kier alpha value is -3.06. The summed E-state index contributed by atoms with van der Waals surface area (Å²) >= 11 is 0. The molecule has 5 nitrogen and oxygen atoms in total. The van der Waals surface area contributed by atoms with Crippen LogP contribution in [0, 0.1) is 24.5 Å². The van der Waals surface area contributed by atoms with Gasteiger partial charge in [0.15, 0.2) is 0 Å². The summed E-state index contributed by atoms with van der Waals surface area (Å²) in [4.78, 5) is 17.4. The first-order valence-electron chi connectivity index (χ1n) is 11.8. The van der Waals surface area contributed by atoms with E-state index in [1.807, 2.05) is 43.1 Å². The summed E-state index contributed by atoms with van der Waals surface area (Å²) in [6.45, 7) is 3.83. The number of benzene rings is 2. The summed E-state index contributed by atoms with van der Waals surface area (Å²) < 4.78 is 29.3. The van der Waals surface area contributed by atoms with Gasteiger partial charge >= 0.3 is 0 Å². The standard InChI is InChI=1S/C27H32F2N4O/c1-19-15-26(32(3)30-19)27(34)31(2)25(16-20-7-5-4-6-8-20)21-11-13-33(14-12-21)18-22-17-23(28)9-10-24(22)29/h4-10,15,17,21,25H,11-14,16,18H2,1-3H3/t25-/m0/s1. The van der Waals surface area contributed by atoms with Gasteiger partial charge in [-0.2, -0.15) is 5.10 Å². The Labute approximate surface area is 200 Å². The van der Waals surface area contributed by atoms with Gasteiger partial charge in [-0.05, 0) is 75.0 Å². The first kappa shape index (κ1) is 24.1. The molecule has 2 aromatic carbocycles. The third kappa shape index (κ3) is 5.53. The van der Waals surface area contributed by atoms with Crippen LogP contribution in [0.4, 0.5) is 8.78 Å². The Balaban J connectivity index is 1.48. The lowest BCUT2D eigenvalue weighted by atomic mass is 9.84. The maximum absolute atomic E-state index is 14.1. The van der Waals surface area contributed by atoms with Gasteiger partial charge in [-0.25, -0.2) is 8.78 Å². The van der Waals surface area contributed by atoms with Crippen molar-refractivity contribution in [2.45, 2.75) is 38.8 Å². The molecule has 0 unspecified atom stereocenters. The monoisotopic (exact) mass is 466 g/mol. The van der Waals surface area contributed by atoms with Gasteiger partial charge in [-0.1, -0.05) is 30.3 Å². The normalized spacial score (nSPS) is 15.9. The molecule has 0 N–H and O–H groups in total. The predicted molar refractivity (Wildman–Crippen MR) is 128 cm³/mol. The summed E-state index contributed by atoms with van der Waals surface area (Å²) in [5.41, 5.74) is 2.98. The number of likely N-dealkylation sites (tertiary alicyclic amines) is 1. The Kier molecular flexibility index (Phi) is 7.41. The van der Waals surface area contributed by atoms with Gasteiger partial charge in [-0.3, -0.25) is 14.4 Å². The second-order valence-electron chi connectivity index (χ2n) is 9.32. The molecule has 7 heteroatoms. The average molecular weight is 467 g/mol. The minimum Gasteiger partial charge on any atom is -0.337 e. The summed E-state index contributed by atoms with van der Waals surface area (Å²) in [5, 5.41) is 4.34. The van der Waals surface area contributed by atoms with Crippen molar-refractivity contribution >= 4 is 5.91 Å². The molecule has 1 aliphatic heterocycles. The van der Waals surface area contributed by atoms with Gasteiger partial charge in [0.25, 0.3) is 5.91 Å². The van der Waals surface area contributed by atoms with Gasteiger partial charge in [0, 0.05) is 32.2 Å². The lowest BCUT2D eigenvalue weighted by Crippen LogP contribution is -2.47. The number of hydrogen-bond acceptors (Lipinski definition) is 3. The van der Waals surface area contributed by atoms with E-state index in [2.05, 4.69) is 22.1 Å². The van der Waals surface area contributed by atoms with Gasteiger partial charge in [0.2, 0.25) is 0 Å². The van der Waals surface area contributed by atoms with E-state index in [0.717, 1.165) is 44.1 Å². The van der Waals surface area contributed by atoms with Gasteiger partial charge in [0.05, 0.1) is 5.69 Å². The molecule has 180 valence electrons. The number of carbonyl (C=O) groups excluding carboxylic acids is 1. The first-order chi connectivity index (χ1) is 16.3. The lowest BCUT2D eigenvalue weighted by Gasteiger charge is -2.40. The number of rotatable bonds is 7. The zero-order valence-corrected chi connectivity index (χ0v) is 20.0. The molecule has 1 atom stereocenters. The van der Waals surface area contributed by atoms with Crippen molar-refractivity contribution in [3.05, 3.63) is 88.7 Å². The van der Waals surface area contributed by atoms with E-state index in [0.29, 0.717) is 23.7 Å². The average Bonchev–Trinajstić information content (AvgIpc) is 3.18. The molecular weight excluding hydrogens is 434 g/mol. The Morgan fingerprint density at radius 2 is 1.82 bits per heavy atom. The quantitative estimate of drug-likeness (QED) is 0.511. The number of piperidine rings is 1. The van der Waals surface area contributed by atoms with Crippen LogP contribution in [0.25, 0.3) is 0 Å². The molecule has 1 aliphatic rings. The molecule has 1 amide bonds. The van der Waals surface area contributed by atoms with Crippen molar-refractivity contribution in [3.8, 4) is 0 Å². The van der Waals surface area contributed by atoms with Crippen LogP contribution in [0.2, 0.25) is 0 Å². The molecule has 0 radical (unpaired) electrons. The maximum atomic E-state index is 14.1.